The van der Waals surface area contributed by atoms with Crippen LogP contribution in [0.1, 0.15) is 25.7 Å². The third kappa shape index (κ3) is 25.3. The summed E-state index contributed by atoms with van der Waals surface area (Å²) in [5.74, 6) is 4.41. The molecule has 0 heterocycles. The molecule has 1 aliphatic carbocycles. The van der Waals surface area contributed by atoms with Crippen molar-refractivity contribution in [3.63, 3.8) is 0 Å². The largest absolute Gasteiger partial charge is 0.297 e. The lowest BCUT2D eigenvalue weighted by Crippen LogP contribution is -2.18. The highest BCUT2D eigenvalue weighted by atomic mass is 35.7. The lowest BCUT2D eigenvalue weighted by Gasteiger charge is -2.05. The number of carbonyl (C=O) groups excluding carboxylic acids is 1. The Hall–Kier alpha value is 0.227. The van der Waals surface area contributed by atoms with Crippen molar-refractivity contribution in [1.29, 1.82) is 0 Å². The summed E-state index contributed by atoms with van der Waals surface area (Å²) >= 11 is 9.58. The molecule has 0 unspecified atom stereocenters. The van der Waals surface area contributed by atoms with Gasteiger partial charge in [-0.3, -0.25) is 10.2 Å². The number of rotatable bonds is 1. The maximum absolute atomic E-state index is 8.94. The van der Waals surface area contributed by atoms with Crippen molar-refractivity contribution in [3.05, 3.63) is 0 Å². The van der Waals surface area contributed by atoms with Crippen LogP contribution in [-0.2, 0) is 4.79 Å². The maximum Gasteiger partial charge on any atom is 0.295 e. The molecule has 1 saturated carbocycles. The summed E-state index contributed by atoms with van der Waals surface area (Å²) in [5.41, 5.74) is 1.75. The number of hydrazine groups is 1. The van der Waals surface area contributed by atoms with Gasteiger partial charge in [-0.1, -0.05) is 25.7 Å². The van der Waals surface area contributed by atoms with Crippen molar-refractivity contribution in [2.45, 2.75) is 25.7 Å². The fourth-order valence-electron chi connectivity index (χ4n) is 0.250. The monoisotopic (exact) mass is 214 g/mol. The first-order chi connectivity index (χ1) is 5.33. The number of nitrogens with one attached hydrogen (secondary N) is 1. The molecule has 0 saturated heterocycles. The van der Waals surface area contributed by atoms with E-state index in [0.29, 0.717) is 6.41 Å². The molecule has 3 N–H and O–H groups in total. The topological polar surface area (TPSA) is 55.1 Å². The predicted octanol–water partition coefficient (Wildman–Crippen LogP) is 1.16. The van der Waals surface area contributed by atoms with Gasteiger partial charge in [0.2, 0.25) is 6.41 Å². The molecule has 6 heteroatoms. The van der Waals surface area contributed by atoms with Crippen LogP contribution in [0.5, 0.6) is 0 Å². The molecule has 11 heavy (non-hydrogen) atoms. The van der Waals surface area contributed by atoms with Crippen molar-refractivity contribution in [1.82, 2.24) is 5.43 Å². The molecule has 1 aliphatic rings. The van der Waals surface area contributed by atoms with Crippen LogP contribution in [0.2, 0.25) is 0 Å². The second-order valence-electron chi connectivity index (χ2n) is 1.77. The van der Waals surface area contributed by atoms with Gasteiger partial charge in [-0.05, 0) is 0 Å². The van der Waals surface area contributed by atoms with E-state index in [1.54, 1.807) is 5.43 Å². The fourth-order valence-corrected chi connectivity index (χ4v) is 0.250. The molecular weight excluding hydrogens is 203 g/mol. The zero-order valence-corrected chi connectivity index (χ0v) is 8.66. The summed E-state index contributed by atoms with van der Waals surface area (Å²) < 4.78 is 0. The van der Waals surface area contributed by atoms with Gasteiger partial charge in [0.15, 0.2) is 0 Å². The molecule has 2 radical (unpaired) electrons. The molecule has 0 spiro atoms. The normalized spacial score (nSPS) is 12.3. The molecule has 1 fully saturated rings. The van der Waals surface area contributed by atoms with Gasteiger partial charge < -0.3 is 0 Å². The van der Waals surface area contributed by atoms with E-state index in [0.717, 1.165) is 0 Å². The standard InChI is InChI=1S/C4H8.CH4N2O.Cl2Si/c1-2-4-3-1;2-3-1-4;1-3-2/h1-4H2;1H,2H2,(H,3,4);. The average Bonchev–Trinajstić information content (AvgIpc) is 1.85. The Bertz CT molecular complexity index is 69.5. The van der Waals surface area contributed by atoms with Gasteiger partial charge >= 0.3 is 0 Å². The summed E-state index contributed by atoms with van der Waals surface area (Å²) in [5, 5.41) is 0. The first kappa shape index (κ1) is 13.8. The van der Waals surface area contributed by atoms with Crippen molar-refractivity contribution < 1.29 is 4.79 Å². The third-order valence-corrected chi connectivity index (χ3v) is 1.07. The van der Waals surface area contributed by atoms with Gasteiger partial charge in [-0.2, -0.15) is 0 Å². The van der Waals surface area contributed by atoms with Gasteiger partial charge in [-0.25, -0.2) is 5.84 Å². The SMILES string of the molecule is C1CCC1.Cl[Si]Cl.NNC=O. The molecule has 0 atom stereocenters. The van der Waals surface area contributed by atoms with E-state index >= 15 is 0 Å². The molecule has 0 aromatic rings. The summed E-state index contributed by atoms with van der Waals surface area (Å²) in [6, 6.07) is 0. The van der Waals surface area contributed by atoms with E-state index in [-0.39, 0.29) is 8.14 Å². The number of halogens is 2. The zero-order valence-electron chi connectivity index (χ0n) is 6.15. The molecule has 1 rings (SSSR count). The van der Waals surface area contributed by atoms with E-state index in [2.05, 4.69) is 5.84 Å². The molecule has 0 bridgehead atoms. The quantitative estimate of drug-likeness (QED) is 0.172. The number of nitrogens with two attached hydrogens (primary N) is 1. The van der Waals surface area contributed by atoms with Crippen LogP contribution < -0.4 is 11.3 Å². The van der Waals surface area contributed by atoms with Crippen LogP contribution in [0, 0.1) is 0 Å². The number of hydrogen-bond acceptors (Lipinski definition) is 2. The molecule has 0 aromatic carbocycles. The highest BCUT2D eigenvalue weighted by molar-refractivity contribution is 7.22. The van der Waals surface area contributed by atoms with Crippen molar-refractivity contribution in [2.75, 3.05) is 0 Å². The summed E-state index contributed by atoms with van der Waals surface area (Å²) in [7, 11) is 0.0278. The highest BCUT2D eigenvalue weighted by Gasteiger charge is 1.95. The number of carbonyl (C=O) groups is 1. The van der Waals surface area contributed by atoms with E-state index in [1.165, 1.54) is 25.7 Å². The average molecular weight is 215 g/mol. The second-order valence-corrected chi connectivity index (χ2v) is 3.63. The maximum atomic E-state index is 8.94. The number of hydrogen-bond donors (Lipinski definition) is 2. The van der Waals surface area contributed by atoms with E-state index in [9.17, 15) is 0 Å². The van der Waals surface area contributed by atoms with Gasteiger partial charge in [0, 0.05) is 0 Å². The second kappa shape index (κ2) is 16.7. The van der Waals surface area contributed by atoms with Gasteiger partial charge in [0.1, 0.15) is 0 Å². The Morgan fingerprint density at radius 1 is 1.27 bits per heavy atom. The molecule has 0 aromatic heterocycles. The molecular formula is C5H12Cl2N2OSi. The van der Waals surface area contributed by atoms with Gasteiger partial charge in [0.25, 0.3) is 8.14 Å². The first-order valence-electron chi connectivity index (χ1n) is 3.19. The van der Waals surface area contributed by atoms with Crippen molar-refractivity contribution >= 4 is 36.7 Å². The van der Waals surface area contributed by atoms with E-state index < -0.39 is 0 Å². The smallest absolute Gasteiger partial charge is 0.295 e. The highest BCUT2D eigenvalue weighted by Crippen LogP contribution is 2.15. The Labute approximate surface area is 78.8 Å². The predicted molar refractivity (Wildman–Crippen MR) is 49.3 cm³/mol. The fraction of sp³-hybridized carbons (Fsp3) is 0.800. The lowest BCUT2D eigenvalue weighted by atomic mass is 10.0. The van der Waals surface area contributed by atoms with Crippen LogP contribution in [0.25, 0.3) is 0 Å². The summed E-state index contributed by atoms with van der Waals surface area (Å²) in [4.78, 5) is 8.94. The van der Waals surface area contributed by atoms with Crippen LogP contribution in [0.3, 0.4) is 0 Å². The molecule has 0 aliphatic heterocycles. The Kier molecular flexibility index (Phi) is 20.9. The summed E-state index contributed by atoms with van der Waals surface area (Å²) in [6.07, 6.45) is 6.40. The van der Waals surface area contributed by atoms with Crippen molar-refractivity contribution in [2.24, 2.45) is 5.84 Å². The van der Waals surface area contributed by atoms with Crippen molar-refractivity contribution in [3.8, 4) is 0 Å². The molecule has 3 nitrogen and oxygen atoms in total. The minimum absolute atomic E-state index is 0.0278. The first-order valence-corrected chi connectivity index (χ1v) is 6.21. The van der Waals surface area contributed by atoms with Crippen LogP contribution >= 0.6 is 22.2 Å². The Morgan fingerprint density at radius 2 is 1.45 bits per heavy atom. The molecule has 1 amide bonds. The van der Waals surface area contributed by atoms with Gasteiger partial charge in [0.05, 0.1) is 0 Å². The Morgan fingerprint density at radius 3 is 1.45 bits per heavy atom. The van der Waals surface area contributed by atoms with E-state index in [1.807, 2.05) is 0 Å². The zero-order chi connectivity index (χ0) is 8.95. The number of amides is 1. The molecule has 66 valence electrons. The Balaban J connectivity index is 0. The lowest BCUT2D eigenvalue weighted by molar-refractivity contribution is -0.109. The minimum Gasteiger partial charge on any atom is -0.297 e. The minimum atomic E-state index is 0.0278. The van der Waals surface area contributed by atoms with Crippen LogP contribution in [-0.4, -0.2) is 14.5 Å². The van der Waals surface area contributed by atoms with Crippen LogP contribution in [0.4, 0.5) is 0 Å². The van der Waals surface area contributed by atoms with Gasteiger partial charge in [-0.15, -0.1) is 22.2 Å². The summed E-state index contributed by atoms with van der Waals surface area (Å²) in [6.45, 7) is 0. The van der Waals surface area contributed by atoms with E-state index in [4.69, 9.17) is 27.0 Å². The van der Waals surface area contributed by atoms with Crippen LogP contribution in [0.15, 0.2) is 0 Å². The third-order valence-electron chi connectivity index (χ3n) is 1.07.